The first kappa shape index (κ1) is 9.47. The van der Waals surface area contributed by atoms with Crippen molar-refractivity contribution < 1.29 is 4.42 Å². The molecule has 3 N–H and O–H groups in total. The Balaban J connectivity index is 2.25. The van der Waals surface area contributed by atoms with Crippen LogP contribution in [0.1, 0.15) is 12.5 Å². The summed E-state index contributed by atoms with van der Waals surface area (Å²) < 4.78 is 6.89. The van der Waals surface area contributed by atoms with E-state index < -0.39 is 0 Å². The van der Waals surface area contributed by atoms with Gasteiger partial charge in [-0.05, 0) is 31.2 Å². The van der Waals surface area contributed by atoms with Crippen LogP contribution in [0.3, 0.4) is 0 Å². The quantitative estimate of drug-likeness (QED) is 0.693. The molecular weight excluding hydrogens is 206 g/mol. The van der Waals surface area contributed by atoms with Gasteiger partial charge in [0.2, 0.25) is 0 Å². The first-order valence-corrected chi connectivity index (χ1v) is 5.37. The topological polar surface area (TPSA) is 73.2 Å². The molecular formula is C11H13N3O2. The smallest absolute Gasteiger partial charge is 0.408 e. The number of nitrogens with two attached hydrogens (primary N) is 1. The molecule has 1 aliphatic rings. The average Bonchev–Trinajstić information content (AvgIpc) is 2.83. The fraction of sp³-hybridized carbons (Fsp3) is 0.364. The van der Waals surface area contributed by atoms with Gasteiger partial charge in [-0.25, -0.2) is 4.79 Å². The van der Waals surface area contributed by atoms with Crippen LogP contribution in [0.5, 0.6) is 0 Å². The van der Waals surface area contributed by atoms with Crippen molar-refractivity contribution >= 4 is 16.8 Å². The number of nitrogen functional groups attached to an aromatic ring is 1. The second-order valence-corrected chi connectivity index (χ2v) is 4.11. The first-order valence-electron chi connectivity index (χ1n) is 5.37. The summed E-state index contributed by atoms with van der Waals surface area (Å²) >= 11 is 0. The zero-order chi connectivity index (χ0) is 11.1. The van der Waals surface area contributed by atoms with E-state index in [4.69, 9.17) is 10.2 Å². The Morgan fingerprint density at radius 3 is 3.12 bits per heavy atom. The van der Waals surface area contributed by atoms with Gasteiger partial charge in [-0.3, -0.25) is 4.57 Å². The van der Waals surface area contributed by atoms with Crippen LogP contribution in [0.15, 0.2) is 27.4 Å². The van der Waals surface area contributed by atoms with Gasteiger partial charge >= 0.3 is 5.76 Å². The molecule has 1 fully saturated rings. The van der Waals surface area contributed by atoms with E-state index in [1.165, 1.54) is 0 Å². The summed E-state index contributed by atoms with van der Waals surface area (Å²) in [5.41, 5.74) is 7.77. The van der Waals surface area contributed by atoms with Gasteiger partial charge in [-0.15, -0.1) is 0 Å². The van der Waals surface area contributed by atoms with Crippen LogP contribution in [-0.2, 0) is 0 Å². The van der Waals surface area contributed by atoms with Crippen molar-refractivity contribution in [2.75, 3.05) is 18.8 Å². The molecule has 1 aromatic heterocycles. The number of benzene rings is 1. The van der Waals surface area contributed by atoms with Gasteiger partial charge in [0.25, 0.3) is 0 Å². The van der Waals surface area contributed by atoms with Gasteiger partial charge in [0.05, 0.1) is 11.6 Å². The highest BCUT2D eigenvalue weighted by molar-refractivity contribution is 5.77. The molecule has 0 spiro atoms. The molecule has 2 aromatic rings. The van der Waals surface area contributed by atoms with Crippen molar-refractivity contribution in [3.05, 3.63) is 28.7 Å². The Morgan fingerprint density at radius 1 is 1.50 bits per heavy atom. The van der Waals surface area contributed by atoms with Crippen molar-refractivity contribution in [1.82, 2.24) is 9.88 Å². The summed E-state index contributed by atoms with van der Waals surface area (Å²) in [5, 5.41) is 3.23. The van der Waals surface area contributed by atoms with Crippen LogP contribution in [0.25, 0.3) is 11.1 Å². The van der Waals surface area contributed by atoms with E-state index in [-0.39, 0.29) is 11.8 Å². The number of anilines is 1. The van der Waals surface area contributed by atoms with Gasteiger partial charge in [-0.1, -0.05) is 0 Å². The highest BCUT2D eigenvalue weighted by atomic mass is 16.4. The van der Waals surface area contributed by atoms with E-state index in [1.54, 1.807) is 22.8 Å². The van der Waals surface area contributed by atoms with E-state index in [0.717, 1.165) is 25.0 Å². The number of rotatable bonds is 1. The molecule has 2 heterocycles. The van der Waals surface area contributed by atoms with Gasteiger partial charge < -0.3 is 15.5 Å². The summed E-state index contributed by atoms with van der Waals surface area (Å²) in [4.78, 5) is 11.8. The van der Waals surface area contributed by atoms with Crippen LogP contribution in [-0.4, -0.2) is 17.7 Å². The molecule has 1 saturated heterocycles. The van der Waals surface area contributed by atoms with Crippen LogP contribution in [0, 0.1) is 0 Å². The molecule has 0 bridgehead atoms. The Kier molecular flexibility index (Phi) is 2.00. The van der Waals surface area contributed by atoms with Crippen molar-refractivity contribution in [1.29, 1.82) is 0 Å². The third kappa shape index (κ3) is 1.32. The second-order valence-electron chi connectivity index (χ2n) is 4.11. The molecule has 84 valence electrons. The molecule has 5 heteroatoms. The number of aromatic nitrogens is 1. The minimum Gasteiger partial charge on any atom is -0.408 e. The standard InChI is InChI=1S/C11H13N3O2/c12-7-1-2-10-9(5-7)14(11(15)16-10)8-3-4-13-6-8/h1-2,5,8,13H,3-4,6,12H2. The molecule has 1 aliphatic heterocycles. The van der Waals surface area contributed by atoms with Crippen LogP contribution >= 0.6 is 0 Å². The van der Waals surface area contributed by atoms with E-state index in [2.05, 4.69) is 5.32 Å². The number of nitrogens with one attached hydrogen (secondary N) is 1. The monoisotopic (exact) mass is 219 g/mol. The third-order valence-corrected chi connectivity index (χ3v) is 3.04. The lowest BCUT2D eigenvalue weighted by atomic mass is 10.2. The summed E-state index contributed by atoms with van der Waals surface area (Å²) in [7, 11) is 0. The zero-order valence-corrected chi connectivity index (χ0v) is 8.77. The molecule has 0 aliphatic carbocycles. The largest absolute Gasteiger partial charge is 0.420 e. The molecule has 0 amide bonds. The predicted molar refractivity (Wildman–Crippen MR) is 61.4 cm³/mol. The summed E-state index contributed by atoms with van der Waals surface area (Å²) in [6.07, 6.45) is 0.948. The number of hydrogen-bond donors (Lipinski definition) is 2. The first-order chi connectivity index (χ1) is 7.75. The number of hydrogen-bond acceptors (Lipinski definition) is 4. The lowest BCUT2D eigenvalue weighted by Gasteiger charge is -2.09. The maximum atomic E-state index is 11.8. The number of fused-ring (bicyclic) bond motifs is 1. The Morgan fingerprint density at radius 2 is 2.38 bits per heavy atom. The summed E-state index contributed by atoms with van der Waals surface area (Å²) in [6.45, 7) is 1.75. The lowest BCUT2D eigenvalue weighted by Crippen LogP contribution is -2.22. The minimum atomic E-state index is -0.297. The molecule has 1 atom stereocenters. The molecule has 16 heavy (non-hydrogen) atoms. The molecule has 1 aromatic carbocycles. The van der Waals surface area contributed by atoms with Crippen LogP contribution in [0.4, 0.5) is 5.69 Å². The van der Waals surface area contributed by atoms with Gasteiger partial charge in [0.15, 0.2) is 5.58 Å². The van der Waals surface area contributed by atoms with Gasteiger partial charge in [0.1, 0.15) is 0 Å². The molecule has 3 rings (SSSR count). The number of nitrogens with zero attached hydrogens (tertiary/aromatic N) is 1. The number of oxazole rings is 1. The maximum absolute atomic E-state index is 11.8. The van der Waals surface area contributed by atoms with Crippen molar-refractivity contribution in [3.8, 4) is 0 Å². The Hall–Kier alpha value is -1.75. The van der Waals surface area contributed by atoms with Gasteiger partial charge in [0, 0.05) is 12.2 Å². The van der Waals surface area contributed by atoms with E-state index in [0.29, 0.717) is 11.3 Å². The molecule has 0 radical (unpaired) electrons. The highest BCUT2D eigenvalue weighted by Crippen LogP contribution is 2.22. The van der Waals surface area contributed by atoms with Gasteiger partial charge in [-0.2, -0.15) is 0 Å². The fourth-order valence-electron chi connectivity index (χ4n) is 2.26. The van der Waals surface area contributed by atoms with Crippen molar-refractivity contribution in [2.45, 2.75) is 12.5 Å². The molecule has 5 nitrogen and oxygen atoms in total. The minimum absolute atomic E-state index is 0.176. The zero-order valence-electron chi connectivity index (χ0n) is 8.77. The van der Waals surface area contributed by atoms with E-state index in [9.17, 15) is 4.79 Å². The van der Waals surface area contributed by atoms with E-state index in [1.807, 2.05) is 0 Å². The summed E-state index contributed by atoms with van der Waals surface area (Å²) in [5.74, 6) is -0.297. The van der Waals surface area contributed by atoms with E-state index >= 15 is 0 Å². The van der Waals surface area contributed by atoms with Crippen LogP contribution in [0.2, 0.25) is 0 Å². The lowest BCUT2D eigenvalue weighted by molar-refractivity contribution is 0.459. The molecule has 1 unspecified atom stereocenters. The Bertz CT molecular complexity index is 578. The highest BCUT2D eigenvalue weighted by Gasteiger charge is 2.21. The Labute approximate surface area is 91.8 Å². The SMILES string of the molecule is Nc1ccc2oc(=O)n(C3CCNC3)c2c1. The average molecular weight is 219 g/mol. The maximum Gasteiger partial charge on any atom is 0.420 e. The predicted octanol–water partition coefficient (Wildman–Crippen LogP) is 0.711. The molecule has 0 saturated carbocycles. The van der Waals surface area contributed by atoms with Crippen molar-refractivity contribution in [2.24, 2.45) is 0 Å². The third-order valence-electron chi connectivity index (χ3n) is 3.04. The van der Waals surface area contributed by atoms with Crippen molar-refractivity contribution in [3.63, 3.8) is 0 Å². The fourth-order valence-corrected chi connectivity index (χ4v) is 2.26. The summed E-state index contributed by atoms with van der Waals surface area (Å²) in [6, 6.07) is 5.45. The normalized spacial score (nSPS) is 20.6. The second kappa shape index (κ2) is 3.38. The van der Waals surface area contributed by atoms with Crippen LogP contribution < -0.4 is 16.8 Å².